The summed E-state index contributed by atoms with van der Waals surface area (Å²) in [7, 11) is 0. The van der Waals surface area contributed by atoms with Crippen LogP contribution in [0.2, 0.25) is 0 Å². The molecule has 3 aliphatic carbocycles. The van der Waals surface area contributed by atoms with E-state index in [1.54, 1.807) is 0 Å². The van der Waals surface area contributed by atoms with Crippen LogP contribution >= 0.6 is 24.4 Å². The maximum Gasteiger partial charge on any atom is 0.0744 e. The van der Waals surface area contributed by atoms with Gasteiger partial charge in [-0.1, -0.05) is 19.9 Å². The predicted octanol–water partition coefficient (Wildman–Crippen LogP) is 5.59. The van der Waals surface area contributed by atoms with Crippen molar-refractivity contribution in [3.05, 3.63) is 42.5 Å². The fourth-order valence-corrected chi connectivity index (χ4v) is 7.58. The Morgan fingerprint density at radius 3 is 2.68 bits per heavy atom. The summed E-state index contributed by atoms with van der Waals surface area (Å²) in [6.45, 7) is 12.5. The van der Waals surface area contributed by atoms with E-state index in [2.05, 4.69) is 45.2 Å². The van der Waals surface area contributed by atoms with Gasteiger partial charge in [-0.2, -0.15) is 12.6 Å². The van der Waals surface area contributed by atoms with Crippen molar-refractivity contribution in [3.8, 4) is 0 Å². The number of aliphatic hydroxyl groups is 1. The number of hydrogen-bond acceptors (Lipinski definition) is 4. The van der Waals surface area contributed by atoms with Gasteiger partial charge in [0.1, 0.15) is 0 Å². The average Bonchev–Trinajstić information content (AvgIpc) is 2.88. The van der Waals surface area contributed by atoms with E-state index < -0.39 is 5.60 Å². The lowest BCUT2D eigenvalue weighted by atomic mass is 9.52. The summed E-state index contributed by atoms with van der Waals surface area (Å²) >= 11 is 6.83. The third kappa shape index (κ3) is 3.38. The topological polar surface area (TPSA) is 46.2 Å². The van der Waals surface area contributed by atoms with E-state index in [9.17, 15) is 5.11 Å². The minimum absolute atomic E-state index is 0.00981. The second-order valence-corrected chi connectivity index (χ2v) is 11.1. The van der Waals surface area contributed by atoms with Crippen LogP contribution in [0.15, 0.2) is 36.3 Å². The van der Waals surface area contributed by atoms with Gasteiger partial charge in [-0.25, -0.2) is 0 Å². The van der Waals surface area contributed by atoms with Crippen LogP contribution in [0.5, 0.6) is 0 Å². The van der Waals surface area contributed by atoms with E-state index in [-0.39, 0.29) is 16.2 Å². The molecular formula is C24H37NOS2. The molecule has 4 heteroatoms. The third-order valence-corrected chi connectivity index (χ3v) is 10.0. The molecule has 28 heavy (non-hydrogen) atoms. The van der Waals surface area contributed by atoms with E-state index in [4.69, 9.17) is 18.4 Å². The largest absolute Gasteiger partial charge is 0.389 e. The zero-order valence-electron chi connectivity index (χ0n) is 17.7. The molecule has 156 valence electrons. The van der Waals surface area contributed by atoms with Crippen molar-refractivity contribution in [2.45, 2.75) is 86.5 Å². The molecule has 2 nitrogen and oxygen atoms in total. The van der Waals surface area contributed by atoms with Crippen molar-refractivity contribution < 1.29 is 5.11 Å². The number of aryl methyl sites for hydroxylation is 1. The SMILES string of the molecule is C=C.CCCSc1ccc2c(c1)CCC1(N)C2CCC2(C)C(S)C(C)(O)CC21. The first kappa shape index (κ1) is 22.3. The minimum Gasteiger partial charge on any atom is -0.389 e. The molecule has 0 saturated heterocycles. The molecular weight excluding hydrogens is 382 g/mol. The highest BCUT2D eigenvalue weighted by Gasteiger charge is 2.65. The lowest BCUT2D eigenvalue weighted by Crippen LogP contribution is -2.61. The Hall–Kier alpha value is -0.420. The maximum absolute atomic E-state index is 10.9. The van der Waals surface area contributed by atoms with E-state index in [0.29, 0.717) is 11.8 Å². The first-order valence-electron chi connectivity index (χ1n) is 10.7. The smallest absolute Gasteiger partial charge is 0.0744 e. The number of hydrogen-bond donors (Lipinski definition) is 3. The maximum atomic E-state index is 10.9. The van der Waals surface area contributed by atoms with E-state index in [0.717, 1.165) is 32.1 Å². The summed E-state index contributed by atoms with van der Waals surface area (Å²) in [5, 5.41) is 11.0. The minimum atomic E-state index is -0.718. The molecule has 4 rings (SSSR count). The molecule has 0 spiro atoms. The first-order chi connectivity index (χ1) is 13.2. The Morgan fingerprint density at radius 2 is 2.00 bits per heavy atom. The van der Waals surface area contributed by atoms with E-state index >= 15 is 0 Å². The lowest BCUT2D eigenvalue weighted by molar-refractivity contribution is 0.0367. The fraction of sp³-hybridized carbons (Fsp3) is 0.667. The Bertz CT molecular complexity index is 721. The number of rotatable bonds is 3. The van der Waals surface area contributed by atoms with Crippen molar-refractivity contribution in [1.29, 1.82) is 0 Å². The van der Waals surface area contributed by atoms with Crippen molar-refractivity contribution >= 4 is 24.4 Å². The second-order valence-electron chi connectivity index (χ2n) is 9.43. The van der Waals surface area contributed by atoms with Crippen LogP contribution in [0.4, 0.5) is 0 Å². The molecule has 0 aliphatic heterocycles. The first-order valence-corrected chi connectivity index (χ1v) is 12.2. The number of fused-ring (bicyclic) bond motifs is 5. The van der Waals surface area contributed by atoms with Gasteiger partial charge >= 0.3 is 0 Å². The fourth-order valence-electron chi connectivity index (χ4n) is 6.33. The molecule has 1 aromatic rings. The van der Waals surface area contributed by atoms with Gasteiger partial charge in [-0.3, -0.25) is 0 Å². The van der Waals surface area contributed by atoms with Crippen molar-refractivity contribution in [3.63, 3.8) is 0 Å². The summed E-state index contributed by atoms with van der Waals surface area (Å²) in [4.78, 5) is 1.40. The molecule has 0 aromatic heterocycles. The zero-order valence-corrected chi connectivity index (χ0v) is 19.4. The molecule has 0 radical (unpaired) electrons. The van der Waals surface area contributed by atoms with Gasteiger partial charge in [0.25, 0.3) is 0 Å². The number of benzene rings is 1. The van der Waals surface area contributed by atoms with Gasteiger partial charge in [0.15, 0.2) is 0 Å². The van der Waals surface area contributed by atoms with Crippen LogP contribution in [-0.4, -0.2) is 27.2 Å². The van der Waals surface area contributed by atoms with Crippen molar-refractivity contribution in [1.82, 2.24) is 0 Å². The average molecular weight is 420 g/mol. The molecule has 0 heterocycles. The highest BCUT2D eigenvalue weighted by Crippen LogP contribution is 2.65. The Balaban J connectivity index is 0.00000109. The highest BCUT2D eigenvalue weighted by molar-refractivity contribution is 7.99. The molecule has 3 aliphatic rings. The molecule has 2 saturated carbocycles. The van der Waals surface area contributed by atoms with Gasteiger partial charge in [-0.05, 0) is 85.8 Å². The lowest BCUT2D eigenvalue weighted by Gasteiger charge is -2.56. The zero-order chi connectivity index (χ0) is 20.7. The summed E-state index contributed by atoms with van der Waals surface area (Å²) in [6.07, 6.45) is 6.31. The molecule has 2 fully saturated rings. The summed E-state index contributed by atoms with van der Waals surface area (Å²) in [5.74, 6) is 1.94. The van der Waals surface area contributed by atoms with Gasteiger partial charge < -0.3 is 10.8 Å². The number of thioether (sulfide) groups is 1. The quantitative estimate of drug-likeness (QED) is 0.340. The Labute approximate surface area is 181 Å². The van der Waals surface area contributed by atoms with Crippen LogP contribution in [0, 0.1) is 11.3 Å². The Morgan fingerprint density at radius 1 is 1.29 bits per heavy atom. The Kier molecular flexibility index (Phi) is 6.38. The van der Waals surface area contributed by atoms with Crippen LogP contribution in [0.3, 0.4) is 0 Å². The standard InChI is InChI=1S/C22H33NOS2.C2H4/c1-4-11-26-15-5-6-16-14(12-15)7-10-22(23)17(16)8-9-20(2)18(22)13-21(3,24)19(20)25;1-2/h5-6,12,17-19,24-25H,4,7-11,13,23H2,1-3H3;1-2H2. The highest BCUT2D eigenvalue weighted by atomic mass is 32.2. The summed E-state index contributed by atoms with van der Waals surface area (Å²) in [6, 6.07) is 7.06. The molecule has 6 unspecified atom stereocenters. The monoisotopic (exact) mass is 419 g/mol. The van der Waals surface area contributed by atoms with E-state index in [1.807, 2.05) is 18.7 Å². The molecule has 6 atom stereocenters. The third-order valence-electron chi connectivity index (χ3n) is 7.69. The summed E-state index contributed by atoms with van der Waals surface area (Å²) < 4.78 is 0. The summed E-state index contributed by atoms with van der Waals surface area (Å²) in [5.41, 5.74) is 9.29. The van der Waals surface area contributed by atoms with Gasteiger partial charge in [0.05, 0.1) is 5.60 Å². The predicted molar refractivity (Wildman–Crippen MR) is 126 cm³/mol. The van der Waals surface area contributed by atoms with Crippen LogP contribution < -0.4 is 5.73 Å². The molecule has 0 amide bonds. The molecule has 3 N–H and O–H groups in total. The van der Waals surface area contributed by atoms with Crippen LogP contribution in [0.1, 0.15) is 69.9 Å². The van der Waals surface area contributed by atoms with Gasteiger partial charge in [-0.15, -0.1) is 24.9 Å². The normalized spacial score (nSPS) is 41.3. The molecule has 0 bridgehead atoms. The van der Waals surface area contributed by atoms with E-state index in [1.165, 1.54) is 28.2 Å². The van der Waals surface area contributed by atoms with Crippen molar-refractivity contribution in [2.24, 2.45) is 17.1 Å². The van der Waals surface area contributed by atoms with Gasteiger partial charge in [0, 0.05) is 21.6 Å². The molecule has 1 aromatic carbocycles. The number of nitrogens with two attached hydrogens (primary N) is 1. The van der Waals surface area contributed by atoms with Gasteiger partial charge in [0.2, 0.25) is 0 Å². The second kappa shape index (κ2) is 8.02. The number of thiol groups is 1. The van der Waals surface area contributed by atoms with Crippen LogP contribution in [-0.2, 0) is 6.42 Å². The van der Waals surface area contributed by atoms with Crippen molar-refractivity contribution in [2.75, 3.05) is 5.75 Å². The van der Waals surface area contributed by atoms with Crippen LogP contribution in [0.25, 0.3) is 0 Å².